The number of rotatable bonds is 55. The third kappa shape index (κ3) is 53.3. The maximum absolute atomic E-state index is 12.5. The van der Waals surface area contributed by atoms with Crippen molar-refractivity contribution in [1.29, 1.82) is 0 Å². The predicted octanol–water partition coefficient (Wildman–Crippen LogP) is 18.4. The molecular formula is C61H115NO5. The summed E-state index contributed by atoms with van der Waals surface area (Å²) in [5.74, 6) is -0.0891. The van der Waals surface area contributed by atoms with E-state index in [9.17, 15) is 19.8 Å². The second kappa shape index (κ2) is 56.7. The molecule has 2 unspecified atom stereocenters. The summed E-state index contributed by atoms with van der Waals surface area (Å²) < 4.78 is 5.47. The summed E-state index contributed by atoms with van der Waals surface area (Å²) in [5.41, 5.74) is 0. The number of allylic oxidation sites excluding steroid dienone is 5. The maximum Gasteiger partial charge on any atom is 0.305 e. The first-order valence-electron chi connectivity index (χ1n) is 29.8. The van der Waals surface area contributed by atoms with Gasteiger partial charge in [-0.25, -0.2) is 0 Å². The van der Waals surface area contributed by atoms with Crippen LogP contribution < -0.4 is 5.32 Å². The van der Waals surface area contributed by atoms with Crippen LogP contribution in [0.1, 0.15) is 316 Å². The lowest BCUT2D eigenvalue weighted by atomic mass is 10.0. The van der Waals surface area contributed by atoms with E-state index in [0.29, 0.717) is 19.4 Å². The number of carbonyl (C=O) groups excluding carboxylic acids is 2. The normalized spacial score (nSPS) is 12.8. The van der Waals surface area contributed by atoms with Crippen molar-refractivity contribution < 1.29 is 24.5 Å². The molecule has 2 atom stereocenters. The molecule has 0 aliphatic rings. The molecule has 0 heterocycles. The van der Waals surface area contributed by atoms with Gasteiger partial charge in [-0.2, -0.15) is 0 Å². The summed E-state index contributed by atoms with van der Waals surface area (Å²) in [6.45, 7) is 4.89. The van der Waals surface area contributed by atoms with E-state index in [2.05, 4.69) is 43.5 Å². The van der Waals surface area contributed by atoms with Crippen LogP contribution in [0.15, 0.2) is 36.5 Å². The Kier molecular flexibility index (Phi) is 55.0. The van der Waals surface area contributed by atoms with Crippen molar-refractivity contribution in [3.05, 3.63) is 36.5 Å². The van der Waals surface area contributed by atoms with Gasteiger partial charge in [0.15, 0.2) is 0 Å². The first kappa shape index (κ1) is 65.1. The van der Waals surface area contributed by atoms with E-state index in [1.165, 1.54) is 231 Å². The van der Waals surface area contributed by atoms with Crippen LogP contribution in [-0.2, 0) is 14.3 Å². The number of hydrogen-bond acceptors (Lipinski definition) is 5. The highest BCUT2D eigenvalue weighted by molar-refractivity contribution is 5.76. The highest BCUT2D eigenvalue weighted by Gasteiger charge is 2.18. The Hall–Kier alpha value is -1.92. The molecule has 0 saturated heterocycles. The number of unbranched alkanes of at least 4 members (excludes halogenated alkanes) is 40. The zero-order chi connectivity index (χ0) is 48.6. The van der Waals surface area contributed by atoms with Crippen molar-refractivity contribution in [2.75, 3.05) is 13.2 Å². The van der Waals surface area contributed by atoms with Crippen LogP contribution in [0.25, 0.3) is 0 Å². The first-order valence-corrected chi connectivity index (χ1v) is 29.8. The minimum atomic E-state index is -0.853. The first-order chi connectivity index (χ1) is 33.0. The molecule has 0 aliphatic carbocycles. The van der Waals surface area contributed by atoms with E-state index in [1.807, 2.05) is 6.08 Å². The van der Waals surface area contributed by atoms with Crippen molar-refractivity contribution in [3.8, 4) is 0 Å². The van der Waals surface area contributed by atoms with E-state index >= 15 is 0 Å². The number of aliphatic hydroxyl groups excluding tert-OH is 2. The summed E-state index contributed by atoms with van der Waals surface area (Å²) >= 11 is 0. The molecule has 0 fully saturated rings. The van der Waals surface area contributed by atoms with Crippen LogP contribution in [0.2, 0.25) is 0 Å². The standard InChI is InChI=1S/C61H115NO5/c1-3-5-7-9-11-13-15-17-19-22-25-29-33-37-41-45-49-53-59(64)58(57-63)62-60(65)54-50-46-42-38-34-30-26-23-21-24-28-32-36-40-44-48-52-56-67-61(66)55-51-47-43-39-35-31-27-20-18-16-14-12-10-8-6-4-2/h20-21,24,27,49,53,58-59,63-64H,3-19,22-23,25-26,28-48,50-52,54-57H2,1-2H3,(H,62,65)/b24-21-,27-20-,53-49+. The summed E-state index contributed by atoms with van der Waals surface area (Å²) in [6, 6.07) is -0.638. The zero-order valence-corrected chi connectivity index (χ0v) is 44.9. The summed E-state index contributed by atoms with van der Waals surface area (Å²) in [4.78, 5) is 24.5. The largest absolute Gasteiger partial charge is 0.466 e. The second-order valence-electron chi connectivity index (χ2n) is 20.3. The van der Waals surface area contributed by atoms with Crippen LogP contribution in [0.5, 0.6) is 0 Å². The Balaban J connectivity index is 3.49. The number of amides is 1. The Labute approximate surface area is 417 Å². The average molecular weight is 943 g/mol. The molecule has 0 bridgehead atoms. The Bertz CT molecular complexity index is 1090. The SMILES string of the molecule is CCCCCCCCC/C=C\CCCCCCCC(=O)OCCCCCCCC/C=C\CCCCCCCCCC(=O)NC(CO)C(O)/C=C/CCCCCCCCCCCCCCCCC. The van der Waals surface area contributed by atoms with Crippen molar-refractivity contribution in [2.45, 2.75) is 328 Å². The maximum atomic E-state index is 12.5. The molecule has 0 aliphatic heterocycles. The predicted molar refractivity (Wildman–Crippen MR) is 292 cm³/mol. The molecule has 0 radical (unpaired) electrons. The fourth-order valence-corrected chi connectivity index (χ4v) is 9.03. The van der Waals surface area contributed by atoms with Crippen molar-refractivity contribution in [2.24, 2.45) is 0 Å². The van der Waals surface area contributed by atoms with Crippen molar-refractivity contribution in [3.63, 3.8) is 0 Å². The molecule has 394 valence electrons. The van der Waals surface area contributed by atoms with Crippen LogP contribution in [-0.4, -0.2) is 47.4 Å². The quantitative estimate of drug-likeness (QED) is 0.0321. The zero-order valence-electron chi connectivity index (χ0n) is 44.9. The molecule has 0 spiro atoms. The van der Waals surface area contributed by atoms with E-state index in [0.717, 1.165) is 57.8 Å². The molecule has 0 aromatic rings. The topological polar surface area (TPSA) is 95.9 Å². The van der Waals surface area contributed by atoms with Gasteiger partial charge in [0.2, 0.25) is 5.91 Å². The van der Waals surface area contributed by atoms with Crippen LogP contribution in [0.4, 0.5) is 0 Å². The molecule has 0 rings (SSSR count). The van der Waals surface area contributed by atoms with Gasteiger partial charge in [0.25, 0.3) is 0 Å². The van der Waals surface area contributed by atoms with Crippen molar-refractivity contribution >= 4 is 11.9 Å². The molecule has 0 aromatic heterocycles. The Morgan fingerprint density at radius 1 is 0.403 bits per heavy atom. The van der Waals surface area contributed by atoms with Gasteiger partial charge in [-0.15, -0.1) is 0 Å². The molecule has 67 heavy (non-hydrogen) atoms. The molecular weight excluding hydrogens is 827 g/mol. The number of esters is 1. The van der Waals surface area contributed by atoms with Crippen molar-refractivity contribution in [1.82, 2.24) is 5.32 Å². The summed E-state index contributed by atoms with van der Waals surface area (Å²) in [5, 5.41) is 23.1. The van der Waals surface area contributed by atoms with Gasteiger partial charge in [-0.05, 0) is 83.5 Å². The van der Waals surface area contributed by atoms with Crippen LogP contribution in [0, 0.1) is 0 Å². The smallest absolute Gasteiger partial charge is 0.305 e. The van der Waals surface area contributed by atoms with E-state index < -0.39 is 12.1 Å². The van der Waals surface area contributed by atoms with Crippen LogP contribution in [0.3, 0.4) is 0 Å². The van der Waals surface area contributed by atoms with Gasteiger partial charge in [0.1, 0.15) is 0 Å². The molecule has 0 aromatic carbocycles. The van der Waals surface area contributed by atoms with E-state index in [1.54, 1.807) is 6.08 Å². The van der Waals surface area contributed by atoms with Gasteiger partial charge >= 0.3 is 5.97 Å². The molecule has 3 N–H and O–H groups in total. The highest BCUT2D eigenvalue weighted by Crippen LogP contribution is 2.16. The molecule has 6 heteroatoms. The minimum absolute atomic E-state index is 0.0101. The van der Waals surface area contributed by atoms with Crippen LogP contribution >= 0.6 is 0 Å². The lowest BCUT2D eigenvalue weighted by molar-refractivity contribution is -0.143. The number of hydrogen-bond donors (Lipinski definition) is 3. The van der Waals surface area contributed by atoms with E-state index in [-0.39, 0.29) is 18.5 Å². The number of carbonyl (C=O) groups is 2. The fourth-order valence-electron chi connectivity index (χ4n) is 9.03. The van der Waals surface area contributed by atoms with Gasteiger partial charge in [-0.1, -0.05) is 256 Å². The third-order valence-electron chi connectivity index (χ3n) is 13.6. The number of aliphatic hydroxyl groups is 2. The van der Waals surface area contributed by atoms with Gasteiger partial charge in [0.05, 0.1) is 25.4 Å². The molecule has 1 amide bonds. The van der Waals surface area contributed by atoms with Gasteiger partial charge in [-0.3, -0.25) is 9.59 Å². The van der Waals surface area contributed by atoms with Gasteiger partial charge in [0, 0.05) is 12.8 Å². The van der Waals surface area contributed by atoms with E-state index in [4.69, 9.17) is 4.74 Å². The average Bonchev–Trinajstić information content (AvgIpc) is 3.33. The summed E-state index contributed by atoms with van der Waals surface area (Å²) in [7, 11) is 0. The van der Waals surface area contributed by atoms with Gasteiger partial charge < -0.3 is 20.3 Å². The third-order valence-corrected chi connectivity index (χ3v) is 13.6. The fraction of sp³-hybridized carbons (Fsp3) is 0.869. The second-order valence-corrected chi connectivity index (χ2v) is 20.3. The Morgan fingerprint density at radius 2 is 0.701 bits per heavy atom. The number of ether oxygens (including phenoxy) is 1. The summed E-state index contributed by atoms with van der Waals surface area (Å²) in [6.07, 6.45) is 70.2. The molecule has 6 nitrogen and oxygen atoms in total. The lowest BCUT2D eigenvalue weighted by Gasteiger charge is -2.20. The molecule has 0 saturated carbocycles. The highest BCUT2D eigenvalue weighted by atomic mass is 16.5. The Morgan fingerprint density at radius 3 is 1.06 bits per heavy atom. The monoisotopic (exact) mass is 942 g/mol. The number of nitrogens with one attached hydrogen (secondary N) is 1. The lowest BCUT2D eigenvalue weighted by Crippen LogP contribution is -2.45. The minimum Gasteiger partial charge on any atom is -0.466 e.